The highest BCUT2D eigenvalue weighted by molar-refractivity contribution is 6.21. The molecule has 0 bridgehead atoms. The summed E-state index contributed by atoms with van der Waals surface area (Å²) in [5.74, 6) is -2.27. The molecule has 0 aromatic carbocycles. The summed E-state index contributed by atoms with van der Waals surface area (Å²) in [4.78, 5) is 43.2. The normalized spacial score (nSPS) is 36.6. The van der Waals surface area contributed by atoms with Gasteiger partial charge in [-0.3, -0.25) is 19.4 Å². The molecule has 3 fully saturated rings. The number of Topliss-reactive ketones (excluding diaryl/α,β-unsaturated/α-hetero) is 1. The number of aromatic nitrogens is 3. The van der Waals surface area contributed by atoms with E-state index in [0.717, 1.165) is 16.8 Å². The highest BCUT2D eigenvalue weighted by Crippen LogP contribution is 2.70. The monoisotopic (exact) mass is 639 g/mol. The van der Waals surface area contributed by atoms with Crippen LogP contribution in [0.5, 0.6) is 5.75 Å². The Hall–Kier alpha value is -3.24. The number of halogens is 1. The van der Waals surface area contributed by atoms with Gasteiger partial charge in [0.15, 0.2) is 12.2 Å². The topological polar surface area (TPSA) is 141 Å². The van der Waals surface area contributed by atoms with Crippen LogP contribution in [-0.2, 0) is 30.3 Å². The lowest BCUT2D eigenvalue weighted by atomic mass is 9.45. The zero-order valence-corrected chi connectivity index (χ0v) is 27.2. The third-order valence-corrected chi connectivity index (χ3v) is 11.9. The molecular weight excluding hydrogens is 598 g/mol. The number of hydrogen-bond acceptors (Lipinski definition) is 9. The number of aliphatic hydroxyl groups excluding tert-OH is 1. The van der Waals surface area contributed by atoms with Crippen LogP contribution >= 0.6 is 11.6 Å². The lowest BCUT2D eigenvalue weighted by Crippen LogP contribution is -2.66. The van der Waals surface area contributed by atoms with Crippen LogP contribution in [0.25, 0.3) is 11.8 Å². The zero-order chi connectivity index (χ0) is 32.5. The molecule has 2 aromatic heterocycles. The average Bonchev–Trinajstić information content (AvgIpc) is 3.49. The molecular formula is C34H42ClN3O7. The molecule has 0 amide bonds. The van der Waals surface area contributed by atoms with Gasteiger partial charge in [-0.2, -0.15) is 5.10 Å². The molecule has 2 heterocycles. The van der Waals surface area contributed by atoms with Crippen molar-refractivity contribution in [2.75, 3.05) is 6.61 Å². The van der Waals surface area contributed by atoms with Crippen LogP contribution < -0.4 is 0 Å². The molecule has 11 heteroatoms. The van der Waals surface area contributed by atoms with E-state index in [1.807, 2.05) is 20.0 Å². The van der Waals surface area contributed by atoms with Gasteiger partial charge in [0, 0.05) is 41.8 Å². The van der Waals surface area contributed by atoms with Crippen LogP contribution in [0.1, 0.15) is 78.0 Å². The van der Waals surface area contributed by atoms with Crippen molar-refractivity contribution in [1.82, 2.24) is 14.8 Å². The number of aromatic hydroxyl groups is 1. The van der Waals surface area contributed by atoms with Gasteiger partial charge in [0.25, 0.3) is 0 Å². The number of rotatable bonds is 7. The Morgan fingerprint density at radius 1 is 1.16 bits per heavy atom. The summed E-state index contributed by atoms with van der Waals surface area (Å²) in [5.41, 5.74) is 0.718. The number of fused-ring (bicyclic) bond motifs is 6. The van der Waals surface area contributed by atoms with E-state index >= 15 is 0 Å². The van der Waals surface area contributed by atoms with E-state index in [-0.39, 0.29) is 54.1 Å². The number of carbonyl (C=O) groups is 3. The Kier molecular flexibility index (Phi) is 7.92. The second-order valence-corrected chi connectivity index (χ2v) is 14.5. The standard InChI is InChI=1S/C34H42ClN3O7/c1-6-28(42)44-17-27(41)34(45-29(43)7-2)18(3)8-23-30-24(35)9-20-10-25-19(16-38(37-25)21-11-22(39)15-36-14-21)12-32(20,4)31(30)26(40)13-33(23,34)5/h10-11,14-16,18,23-24,26,30-31,39-40H,6-9,12-13,17H2,1-5H3/t18-,23+,24-,26+,30-,31+,32+,33+,34?/m1/s1. The molecule has 6 rings (SSSR count). The summed E-state index contributed by atoms with van der Waals surface area (Å²) < 4.78 is 13.2. The molecule has 1 unspecified atom stereocenters. The molecule has 0 saturated heterocycles. The fraction of sp³-hybridized carbons (Fsp3) is 0.618. The van der Waals surface area contributed by atoms with Crippen LogP contribution in [0.2, 0.25) is 0 Å². The largest absolute Gasteiger partial charge is 0.506 e. The Balaban J connectivity index is 1.38. The van der Waals surface area contributed by atoms with Crippen molar-refractivity contribution >= 4 is 35.4 Å². The Bertz CT molecular complexity index is 1570. The highest BCUT2D eigenvalue weighted by Gasteiger charge is 2.74. The molecule has 9 atom stereocenters. The first kappa shape index (κ1) is 31.7. The minimum Gasteiger partial charge on any atom is -0.506 e. The maximum Gasteiger partial charge on any atom is 0.306 e. The van der Waals surface area contributed by atoms with Gasteiger partial charge < -0.3 is 19.7 Å². The molecule has 4 aliphatic carbocycles. The smallest absolute Gasteiger partial charge is 0.306 e. The van der Waals surface area contributed by atoms with Crippen LogP contribution in [-0.4, -0.2) is 66.4 Å². The number of nitrogens with zero attached hydrogens (tertiary/aromatic N) is 3. The number of hydrogen-bond donors (Lipinski definition) is 2. The SMILES string of the molecule is CCC(=O)OCC(=O)C1(OC(=O)CC)[C@H](C)C[C@H]2[C@H]3[C@H]([C@@H](O)C[C@@]21C)[C@@]1(C)Cc2cn(-c4cncc(O)c4)nc2C=C1C[C@H]3Cl. The van der Waals surface area contributed by atoms with Crippen LogP contribution in [0.15, 0.2) is 30.2 Å². The van der Waals surface area contributed by atoms with Gasteiger partial charge in [0.05, 0.1) is 29.9 Å². The van der Waals surface area contributed by atoms with E-state index in [0.29, 0.717) is 24.9 Å². The fourth-order valence-corrected chi connectivity index (χ4v) is 10.1. The van der Waals surface area contributed by atoms with Crippen molar-refractivity contribution in [2.24, 2.45) is 34.5 Å². The molecule has 4 aliphatic rings. The molecule has 2 aromatic rings. The Morgan fingerprint density at radius 3 is 2.58 bits per heavy atom. The van der Waals surface area contributed by atoms with E-state index in [1.54, 1.807) is 30.8 Å². The number of ether oxygens (including phenoxy) is 2. The lowest BCUT2D eigenvalue weighted by Gasteiger charge is -2.61. The van der Waals surface area contributed by atoms with E-state index in [4.69, 9.17) is 26.2 Å². The van der Waals surface area contributed by atoms with Gasteiger partial charge >= 0.3 is 11.9 Å². The quantitative estimate of drug-likeness (QED) is 0.323. The minimum absolute atomic E-state index is 0.0506. The molecule has 0 aliphatic heterocycles. The molecule has 3 saturated carbocycles. The van der Waals surface area contributed by atoms with Crippen LogP contribution in [0.3, 0.4) is 0 Å². The van der Waals surface area contributed by atoms with Gasteiger partial charge in [-0.15, -0.1) is 11.6 Å². The number of ketones is 1. The Morgan fingerprint density at radius 2 is 1.89 bits per heavy atom. The summed E-state index contributed by atoms with van der Waals surface area (Å²) >= 11 is 7.31. The van der Waals surface area contributed by atoms with E-state index in [1.165, 1.54) is 6.20 Å². The predicted molar refractivity (Wildman–Crippen MR) is 165 cm³/mol. The molecule has 2 N–H and O–H groups in total. The number of esters is 2. The lowest BCUT2D eigenvalue weighted by molar-refractivity contribution is -0.207. The molecule has 0 spiro atoms. The number of alkyl halides is 1. The van der Waals surface area contributed by atoms with Gasteiger partial charge in [-0.1, -0.05) is 40.2 Å². The van der Waals surface area contributed by atoms with Crippen molar-refractivity contribution in [3.05, 3.63) is 41.5 Å². The summed E-state index contributed by atoms with van der Waals surface area (Å²) in [6, 6.07) is 1.60. The van der Waals surface area contributed by atoms with Gasteiger partial charge in [0.1, 0.15) is 5.75 Å². The second-order valence-electron chi connectivity index (χ2n) is 13.9. The first-order valence-corrected chi connectivity index (χ1v) is 16.4. The van der Waals surface area contributed by atoms with E-state index < -0.39 is 46.9 Å². The van der Waals surface area contributed by atoms with E-state index in [9.17, 15) is 24.6 Å². The maximum atomic E-state index is 14.1. The van der Waals surface area contributed by atoms with Gasteiger partial charge in [0.2, 0.25) is 5.78 Å². The average molecular weight is 640 g/mol. The maximum absolute atomic E-state index is 14.1. The first-order valence-electron chi connectivity index (χ1n) is 16.0. The third-order valence-electron chi connectivity index (χ3n) is 11.5. The fourth-order valence-electron chi connectivity index (χ4n) is 9.56. The van der Waals surface area contributed by atoms with Crippen molar-refractivity contribution in [3.8, 4) is 11.4 Å². The number of aliphatic hydroxyl groups is 1. The molecule has 45 heavy (non-hydrogen) atoms. The summed E-state index contributed by atoms with van der Waals surface area (Å²) in [6.07, 6.45) is 8.49. The summed E-state index contributed by atoms with van der Waals surface area (Å²) in [6.45, 7) is 8.92. The van der Waals surface area contributed by atoms with Crippen molar-refractivity contribution in [2.45, 2.75) is 90.2 Å². The van der Waals surface area contributed by atoms with Gasteiger partial charge in [-0.05, 0) is 60.5 Å². The van der Waals surface area contributed by atoms with E-state index in [2.05, 4.69) is 18.0 Å². The van der Waals surface area contributed by atoms with Crippen molar-refractivity contribution < 1.29 is 34.1 Å². The molecule has 10 nitrogen and oxygen atoms in total. The number of pyridine rings is 1. The van der Waals surface area contributed by atoms with Crippen LogP contribution in [0.4, 0.5) is 0 Å². The molecule has 242 valence electrons. The van der Waals surface area contributed by atoms with Gasteiger partial charge in [-0.25, -0.2) is 4.68 Å². The highest BCUT2D eigenvalue weighted by atomic mass is 35.5. The minimum atomic E-state index is -1.56. The second kappa shape index (κ2) is 11.2. The van der Waals surface area contributed by atoms with Crippen LogP contribution in [0, 0.1) is 34.5 Å². The number of carbonyl (C=O) groups excluding carboxylic acids is 3. The summed E-state index contributed by atoms with van der Waals surface area (Å²) in [7, 11) is 0. The Labute approximate surface area is 268 Å². The zero-order valence-electron chi connectivity index (χ0n) is 26.5. The summed E-state index contributed by atoms with van der Waals surface area (Å²) in [5, 5.41) is 26.6. The predicted octanol–water partition coefficient (Wildman–Crippen LogP) is 4.80. The first-order chi connectivity index (χ1) is 21.3. The van der Waals surface area contributed by atoms with Crippen molar-refractivity contribution in [1.29, 1.82) is 0 Å². The number of allylic oxidation sites excluding steroid dienone is 1. The molecule has 0 radical (unpaired) electrons. The van der Waals surface area contributed by atoms with Crippen molar-refractivity contribution in [3.63, 3.8) is 0 Å². The third kappa shape index (κ3) is 4.73.